The van der Waals surface area contributed by atoms with Crippen LogP contribution < -0.4 is 20.3 Å². The number of hydrogen-bond acceptors (Lipinski definition) is 8. The maximum Gasteiger partial charge on any atom is 0.247 e. The summed E-state index contributed by atoms with van der Waals surface area (Å²) in [5, 5.41) is 11.9. The van der Waals surface area contributed by atoms with Gasteiger partial charge in [0.25, 0.3) is 0 Å². The molecule has 5 aromatic rings. The van der Waals surface area contributed by atoms with Gasteiger partial charge in [-0.3, -0.25) is 9.48 Å². The van der Waals surface area contributed by atoms with Crippen LogP contribution in [0.15, 0.2) is 67.8 Å². The lowest BCUT2D eigenvalue weighted by Crippen LogP contribution is -2.29. The van der Waals surface area contributed by atoms with E-state index in [9.17, 15) is 4.79 Å². The number of carbonyl (C=O) groups excluding carboxylic acids is 1. The van der Waals surface area contributed by atoms with E-state index in [1.165, 1.54) is 22.5 Å². The maximum atomic E-state index is 12.4. The number of nitrogens with zero attached hydrogens (tertiary/aromatic N) is 7. The summed E-state index contributed by atoms with van der Waals surface area (Å²) in [6.45, 7) is 6.18. The van der Waals surface area contributed by atoms with Gasteiger partial charge in [-0.05, 0) is 44.6 Å². The number of hydrogen-bond donors (Lipinski definition) is 2. The summed E-state index contributed by atoms with van der Waals surface area (Å²) in [4.78, 5) is 26.5. The third-order valence-electron chi connectivity index (χ3n) is 8.19. The number of rotatable bonds is 11. The van der Waals surface area contributed by atoms with Gasteiger partial charge >= 0.3 is 0 Å². The SMILES string of the molecule is C=CC(=O)Nc1cc(Nc2ncc(-c3cnn(C)c3)c(-c3cn4c5c(cccc35)CCC4)n2)c(OC)cc1N(C)CCN(C)C. The highest BCUT2D eigenvalue weighted by Crippen LogP contribution is 2.41. The van der Waals surface area contributed by atoms with Crippen molar-refractivity contribution in [1.29, 1.82) is 0 Å². The van der Waals surface area contributed by atoms with E-state index in [4.69, 9.17) is 14.7 Å². The van der Waals surface area contributed by atoms with E-state index in [-0.39, 0.29) is 5.91 Å². The van der Waals surface area contributed by atoms with Gasteiger partial charge in [0, 0.05) is 80.5 Å². The number of carbonyl (C=O) groups is 1. The number of aromatic nitrogens is 5. The molecule has 0 fully saturated rings. The topological polar surface area (TPSA) is 105 Å². The highest BCUT2D eigenvalue weighted by atomic mass is 16.5. The van der Waals surface area contributed by atoms with Crippen LogP contribution >= 0.6 is 0 Å². The molecular weight excluding hydrogens is 566 g/mol. The fourth-order valence-electron chi connectivity index (χ4n) is 5.89. The molecule has 1 amide bonds. The van der Waals surface area contributed by atoms with Crippen molar-refractivity contribution in [2.45, 2.75) is 19.4 Å². The Morgan fingerprint density at radius 1 is 1.11 bits per heavy atom. The zero-order valence-corrected chi connectivity index (χ0v) is 26.5. The Morgan fingerprint density at radius 2 is 1.96 bits per heavy atom. The molecule has 4 heterocycles. The molecule has 0 atom stereocenters. The maximum absolute atomic E-state index is 12.4. The lowest BCUT2D eigenvalue weighted by Gasteiger charge is -2.26. The van der Waals surface area contributed by atoms with E-state index < -0.39 is 0 Å². The number of para-hydroxylation sites is 1. The number of ether oxygens (including phenoxy) is 1. The summed E-state index contributed by atoms with van der Waals surface area (Å²) in [5.41, 5.74) is 8.35. The predicted octanol–water partition coefficient (Wildman–Crippen LogP) is 5.32. The first-order valence-corrected chi connectivity index (χ1v) is 15.0. The molecule has 2 aromatic carbocycles. The van der Waals surface area contributed by atoms with Crippen LogP contribution in [0.1, 0.15) is 12.0 Å². The molecule has 0 aliphatic carbocycles. The first kappa shape index (κ1) is 29.9. The van der Waals surface area contributed by atoms with Crippen molar-refractivity contribution in [2.75, 3.05) is 56.9 Å². The molecule has 1 aliphatic heterocycles. The van der Waals surface area contributed by atoms with Gasteiger partial charge in [0.15, 0.2) is 0 Å². The van der Waals surface area contributed by atoms with Crippen LogP contribution in [0.25, 0.3) is 33.3 Å². The lowest BCUT2D eigenvalue weighted by atomic mass is 9.99. The molecule has 11 heteroatoms. The van der Waals surface area contributed by atoms with Gasteiger partial charge in [-0.2, -0.15) is 5.10 Å². The van der Waals surface area contributed by atoms with Crippen LogP contribution in [0.2, 0.25) is 0 Å². The van der Waals surface area contributed by atoms with Gasteiger partial charge in [0.05, 0.1) is 41.6 Å². The quantitative estimate of drug-likeness (QED) is 0.195. The third kappa shape index (κ3) is 5.99. The van der Waals surface area contributed by atoms with E-state index in [0.29, 0.717) is 23.1 Å². The fourth-order valence-corrected chi connectivity index (χ4v) is 5.89. The van der Waals surface area contributed by atoms with Gasteiger partial charge in [-0.25, -0.2) is 9.97 Å². The zero-order chi connectivity index (χ0) is 31.7. The number of nitrogens with one attached hydrogen (secondary N) is 2. The molecule has 11 nitrogen and oxygen atoms in total. The van der Waals surface area contributed by atoms with E-state index >= 15 is 0 Å². The number of amides is 1. The van der Waals surface area contributed by atoms with Crippen LogP contribution in [-0.2, 0) is 24.8 Å². The molecule has 0 unspecified atom stereocenters. The molecule has 232 valence electrons. The molecule has 0 spiro atoms. The van der Waals surface area contributed by atoms with Crippen LogP contribution in [-0.4, -0.2) is 76.5 Å². The zero-order valence-electron chi connectivity index (χ0n) is 26.5. The van der Waals surface area contributed by atoms with Gasteiger partial charge in [-0.1, -0.05) is 24.8 Å². The van der Waals surface area contributed by atoms with Crippen LogP contribution in [0.3, 0.4) is 0 Å². The van der Waals surface area contributed by atoms with Gasteiger partial charge in [-0.15, -0.1) is 0 Å². The Labute approximate surface area is 263 Å². The molecule has 0 bridgehead atoms. The number of benzene rings is 2. The Balaban J connectivity index is 1.45. The second-order valence-corrected chi connectivity index (χ2v) is 11.6. The van der Waals surface area contributed by atoms with Gasteiger partial charge < -0.3 is 29.7 Å². The van der Waals surface area contributed by atoms with Crippen molar-refractivity contribution in [3.63, 3.8) is 0 Å². The molecule has 6 rings (SSSR count). The minimum absolute atomic E-state index is 0.305. The average Bonchev–Trinajstić information content (AvgIpc) is 3.64. The molecule has 0 radical (unpaired) electrons. The summed E-state index contributed by atoms with van der Waals surface area (Å²) in [7, 11) is 9.56. The monoisotopic (exact) mass is 605 g/mol. The average molecular weight is 606 g/mol. The summed E-state index contributed by atoms with van der Waals surface area (Å²) in [6.07, 6.45) is 11.3. The van der Waals surface area contributed by atoms with Crippen molar-refractivity contribution in [1.82, 2.24) is 29.2 Å². The standard InChI is InChI=1S/C34H39N9O2/c1-7-31(44)37-27-16-28(30(45-6)17-29(27)41(4)15-14-40(2)3)38-34-35-19-25(23-18-36-42(5)20-23)32(39-34)26-21-43-13-9-11-22-10-8-12-24(26)33(22)43/h7-8,10,12,16-21H,1,9,11,13-15H2,2-6H3,(H,37,44)(H,35,38,39). The van der Waals surface area contributed by atoms with E-state index in [0.717, 1.165) is 60.5 Å². The van der Waals surface area contributed by atoms with Crippen LogP contribution in [0.4, 0.5) is 23.0 Å². The summed E-state index contributed by atoms with van der Waals surface area (Å²) in [6, 6.07) is 10.3. The number of anilines is 4. The second-order valence-electron chi connectivity index (χ2n) is 11.6. The molecule has 2 N–H and O–H groups in total. The van der Waals surface area contributed by atoms with Crippen LogP contribution in [0.5, 0.6) is 5.75 Å². The minimum atomic E-state index is -0.305. The number of likely N-dealkylation sites (N-methyl/N-ethyl adjacent to an activating group) is 2. The van der Waals surface area contributed by atoms with Crippen molar-refractivity contribution in [2.24, 2.45) is 7.05 Å². The summed E-state index contributed by atoms with van der Waals surface area (Å²) >= 11 is 0. The third-order valence-corrected chi connectivity index (χ3v) is 8.19. The second kappa shape index (κ2) is 12.4. The highest BCUT2D eigenvalue weighted by molar-refractivity contribution is 6.02. The lowest BCUT2D eigenvalue weighted by molar-refractivity contribution is -0.111. The minimum Gasteiger partial charge on any atom is -0.494 e. The van der Waals surface area contributed by atoms with Crippen molar-refractivity contribution >= 4 is 39.8 Å². The molecular formula is C34H39N9O2. The first-order chi connectivity index (χ1) is 21.7. The van der Waals surface area contributed by atoms with Gasteiger partial charge in [0.2, 0.25) is 11.9 Å². The Kier molecular flexibility index (Phi) is 8.27. The Bertz CT molecular complexity index is 1890. The normalized spacial score (nSPS) is 12.4. The van der Waals surface area contributed by atoms with Crippen molar-refractivity contribution in [3.8, 4) is 28.1 Å². The molecule has 0 saturated heterocycles. The molecule has 3 aromatic heterocycles. The number of methoxy groups -OCH3 is 1. The number of aryl methyl sites for hydroxylation is 3. The summed E-state index contributed by atoms with van der Waals surface area (Å²) < 4.78 is 9.95. The van der Waals surface area contributed by atoms with E-state index in [1.807, 2.05) is 58.9 Å². The predicted molar refractivity (Wildman–Crippen MR) is 180 cm³/mol. The Morgan fingerprint density at radius 3 is 2.69 bits per heavy atom. The van der Waals surface area contributed by atoms with E-state index in [2.05, 4.69) is 61.1 Å². The summed E-state index contributed by atoms with van der Waals surface area (Å²) in [5.74, 6) is 0.686. The van der Waals surface area contributed by atoms with Crippen molar-refractivity contribution < 1.29 is 9.53 Å². The largest absolute Gasteiger partial charge is 0.494 e. The molecule has 45 heavy (non-hydrogen) atoms. The van der Waals surface area contributed by atoms with Gasteiger partial charge in [0.1, 0.15) is 5.75 Å². The Hall–Kier alpha value is -5.16. The molecule has 0 saturated carbocycles. The smallest absolute Gasteiger partial charge is 0.247 e. The highest BCUT2D eigenvalue weighted by Gasteiger charge is 2.22. The van der Waals surface area contributed by atoms with Crippen LogP contribution in [0, 0.1) is 0 Å². The van der Waals surface area contributed by atoms with E-state index in [1.54, 1.807) is 11.8 Å². The molecule has 1 aliphatic rings. The van der Waals surface area contributed by atoms with Crippen molar-refractivity contribution in [3.05, 3.63) is 73.3 Å². The fraction of sp³-hybridized carbons (Fsp3) is 0.294. The first-order valence-electron chi connectivity index (χ1n) is 15.0.